The van der Waals surface area contributed by atoms with Crippen LogP contribution in [0.15, 0.2) is 10.7 Å². The number of halogens is 2. The molecule has 1 aromatic rings. The van der Waals surface area contributed by atoms with Gasteiger partial charge in [-0.15, -0.1) is 0 Å². The summed E-state index contributed by atoms with van der Waals surface area (Å²) >= 11 is 9.88. The highest BCUT2D eigenvalue weighted by atomic mass is 79.9. The maximum atomic E-state index is 11.1. The van der Waals surface area contributed by atoms with E-state index in [1.165, 1.54) is 0 Å². The predicted octanol–water partition coefficient (Wildman–Crippen LogP) is 2.84. The van der Waals surface area contributed by atoms with Crippen molar-refractivity contribution in [3.63, 3.8) is 0 Å². The lowest BCUT2D eigenvalue weighted by Gasteiger charge is -2.24. The van der Waals surface area contributed by atoms with Gasteiger partial charge in [0.25, 0.3) is 0 Å². The number of amides is 1. The molecule has 3 rings (SSSR count). The van der Waals surface area contributed by atoms with Crippen LogP contribution in [-0.4, -0.2) is 17.4 Å². The summed E-state index contributed by atoms with van der Waals surface area (Å²) in [7, 11) is 0. The summed E-state index contributed by atoms with van der Waals surface area (Å²) < 4.78 is 0.828. The third-order valence-corrected chi connectivity index (χ3v) is 5.52. The molecule has 0 bridgehead atoms. The number of rotatable bonds is 2. The van der Waals surface area contributed by atoms with Crippen LogP contribution in [0, 0.1) is 5.92 Å². The molecule has 1 fully saturated rings. The van der Waals surface area contributed by atoms with Crippen LogP contribution >= 0.6 is 27.5 Å². The van der Waals surface area contributed by atoms with Gasteiger partial charge in [-0.3, -0.25) is 4.79 Å². The zero-order valence-electron chi connectivity index (χ0n) is 10.4. The van der Waals surface area contributed by atoms with Crippen molar-refractivity contribution in [3.8, 4) is 0 Å². The highest BCUT2D eigenvalue weighted by Gasteiger charge is 2.47. The van der Waals surface area contributed by atoms with E-state index in [1.54, 1.807) is 6.20 Å². The normalized spacial score (nSPS) is 28.4. The maximum absolute atomic E-state index is 11.1. The number of anilines is 1. The number of primary amides is 1. The Kier molecular flexibility index (Phi) is 3.21. The smallest absolute Gasteiger partial charge is 0.217 e. The summed E-state index contributed by atoms with van der Waals surface area (Å²) in [5.41, 5.74) is 6.43. The Hall–Kier alpha value is -0.810. The third kappa shape index (κ3) is 2.13. The molecule has 2 aliphatic rings. The van der Waals surface area contributed by atoms with Gasteiger partial charge in [0.1, 0.15) is 5.82 Å². The first-order valence-electron chi connectivity index (χ1n) is 6.38. The number of nitrogens with two attached hydrogens (primary N) is 1. The summed E-state index contributed by atoms with van der Waals surface area (Å²) in [5, 5.41) is 4.09. The van der Waals surface area contributed by atoms with E-state index in [-0.39, 0.29) is 11.3 Å². The fourth-order valence-corrected chi connectivity index (χ4v) is 4.15. The number of nitrogens with one attached hydrogen (secondary N) is 1. The van der Waals surface area contributed by atoms with Gasteiger partial charge in [0.2, 0.25) is 5.91 Å². The molecule has 2 heterocycles. The minimum Gasteiger partial charge on any atom is -0.370 e. The summed E-state index contributed by atoms with van der Waals surface area (Å²) in [4.78, 5) is 15.5. The van der Waals surface area contributed by atoms with Crippen LogP contribution in [0.2, 0.25) is 5.02 Å². The van der Waals surface area contributed by atoms with Crippen molar-refractivity contribution in [1.82, 2.24) is 4.98 Å². The summed E-state index contributed by atoms with van der Waals surface area (Å²) in [6, 6.07) is 0. The molecule has 0 saturated heterocycles. The second-order valence-corrected chi connectivity index (χ2v) is 6.79. The van der Waals surface area contributed by atoms with Crippen molar-refractivity contribution in [2.24, 2.45) is 11.7 Å². The van der Waals surface area contributed by atoms with Gasteiger partial charge in [-0.2, -0.15) is 0 Å². The standard InChI is InChI=1S/C13H15BrClN3O/c14-8-5-17-12-10(11(8)15)13(6-18-12)2-1-7(4-13)3-9(16)19/h5,7H,1-4,6H2,(H2,16,19)(H,17,18). The number of carbonyl (C=O) groups is 1. The number of hydrogen-bond acceptors (Lipinski definition) is 3. The van der Waals surface area contributed by atoms with Gasteiger partial charge < -0.3 is 11.1 Å². The summed E-state index contributed by atoms with van der Waals surface area (Å²) in [6.07, 6.45) is 5.20. The van der Waals surface area contributed by atoms with Crippen LogP contribution in [-0.2, 0) is 10.2 Å². The van der Waals surface area contributed by atoms with E-state index in [4.69, 9.17) is 17.3 Å². The lowest BCUT2D eigenvalue weighted by molar-refractivity contribution is -0.118. The first-order chi connectivity index (χ1) is 9.02. The van der Waals surface area contributed by atoms with Crippen LogP contribution in [0.5, 0.6) is 0 Å². The second kappa shape index (κ2) is 4.63. The van der Waals surface area contributed by atoms with Gasteiger partial charge in [0.05, 0.1) is 9.50 Å². The lowest BCUT2D eigenvalue weighted by atomic mass is 9.80. The average Bonchev–Trinajstić information content (AvgIpc) is 2.90. The van der Waals surface area contributed by atoms with E-state index in [1.807, 2.05) is 0 Å². The molecule has 19 heavy (non-hydrogen) atoms. The molecule has 0 radical (unpaired) electrons. The molecule has 3 N–H and O–H groups in total. The topological polar surface area (TPSA) is 68.0 Å². The SMILES string of the molecule is NC(=O)CC1CCC2(CNc3ncc(Br)c(Cl)c32)C1. The van der Waals surface area contributed by atoms with Gasteiger partial charge in [0.15, 0.2) is 0 Å². The molecular weight excluding hydrogens is 330 g/mol. The number of nitrogens with zero attached hydrogens (tertiary/aromatic N) is 1. The number of hydrogen-bond donors (Lipinski definition) is 2. The highest BCUT2D eigenvalue weighted by Crippen LogP contribution is 2.53. The average molecular weight is 345 g/mol. The Morgan fingerprint density at radius 2 is 2.47 bits per heavy atom. The van der Waals surface area contributed by atoms with Crippen molar-refractivity contribution in [2.75, 3.05) is 11.9 Å². The Labute approximate surface area is 125 Å². The molecule has 6 heteroatoms. The van der Waals surface area contributed by atoms with E-state index >= 15 is 0 Å². The summed E-state index contributed by atoms with van der Waals surface area (Å²) in [5.74, 6) is 1.03. The van der Waals surface area contributed by atoms with E-state index in [0.717, 1.165) is 46.7 Å². The minimum atomic E-state index is -0.216. The molecule has 2 unspecified atom stereocenters. The molecule has 4 nitrogen and oxygen atoms in total. The van der Waals surface area contributed by atoms with E-state index in [9.17, 15) is 4.79 Å². The molecule has 1 saturated carbocycles. The van der Waals surface area contributed by atoms with Crippen LogP contribution in [0.3, 0.4) is 0 Å². The first kappa shape index (κ1) is 13.2. The molecule has 1 aliphatic carbocycles. The zero-order valence-corrected chi connectivity index (χ0v) is 12.7. The van der Waals surface area contributed by atoms with Gasteiger partial charge in [-0.25, -0.2) is 4.98 Å². The molecule has 1 spiro atoms. The van der Waals surface area contributed by atoms with E-state index < -0.39 is 0 Å². The van der Waals surface area contributed by atoms with Crippen molar-refractivity contribution in [3.05, 3.63) is 21.3 Å². The van der Waals surface area contributed by atoms with Crippen molar-refractivity contribution in [1.29, 1.82) is 0 Å². The lowest BCUT2D eigenvalue weighted by Crippen LogP contribution is -2.26. The molecule has 1 aliphatic heterocycles. The van der Waals surface area contributed by atoms with E-state index in [2.05, 4.69) is 26.2 Å². The van der Waals surface area contributed by atoms with Crippen molar-refractivity contribution in [2.45, 2.75) is 31.1 Å². The molecule has 102 valence electrons. The molecule has 2 atom stereocenters. The Morgan fingerprint density at radius 3 is 3.21 bits per heavy atom. The Bertz CT molecular complexity index is 551. The maximum Gasteiger partial charge on any atom is 0.217 e. The number of pyridine rings is 1. The molecular formula is C13H15BrClN3O. The van der Waals surface area contributed by atoms with Crippen molar-refractivity contribution < 1.29 is 4.79 Å². The Morgan fingerprint density at radius 1 is 1.68 bits per heavy atom. The second-order valence-electron chi connectivity index (χ2n) is 5.56. The number of aromatic nitrogens is 1. The molecule has 0 aromatic carbocycles. The first-order valence-corrected chi connectivity index (χ1v) is 7.55. The number of fused-ring (bicyclic) bond motifs is 2. The number of carbonyl (C=O) groups excluding carboxylic acids is 1. The largest absolute Gasteiger partial charge is 0.370 e. The van der Waals surface area contributed by atoms with Crippen LogP contribution in [0.4, 0.5) is 5.82 Å². The van der Waals surface area contributed by atoms with Crippen LogP contribution < -0.4 is 11.1 Å². The van der Waals surface area contributed by atoms with Gasteiger partial charge in [-0.1, -0.05) is 11.6 Å². The fourth-order valence-electron chi connectivity index (χ4n) is 3.51. The Balaban J connectivity index is 1.94. The van der Waals surface area contributed by atoms with Crippen LogP contribution in [0.25, 0.3) is 0 Å². The van der Waals surface area contributed by atoms with Gasteiger partial charge in [0, 0.05) is 30.1 Å². The summed E-state index contributed by atoms with van der Waals surface area (Å²) in [6.45, 7) is 0.848. The quantitative estimate of drug-likeness (QED) is 0.867. The van der Waals surface area contributed by atoms with Gasteiger partial charge >= 0.3 is 0 Å². The van der Waals surface area contributed by atoms with Crippen molar-refractivity contribution >= 4 is 39.3 Å². The molecule has 1 amide bonds. The monoisotopic (exact) mass is 343 g/mol. The molecule has 1 aromatic heterocycles. The van der Waals surface area contributed by atoms with E-state index in [0.29, 0.717) is 12.3 Å². The fraction of sp³-hybridized carbons (Fsp3) is 0.538. The highest BCUT2D eigenvalue weighted by molar-refractivity contribution is 9.10. The zero-order chi connectivity index (χ0) is 13.6. The third-order valence-electron chi connectivity index (χ3n) is 4.30. The minimum absolute atomic E-state index is 0.0172. The predicted molar refractivity (Wildman–Crippen MR) is 78.3 cm³/mol. The van der Waals surface area contributed by atoms with Gasteiger partial charge in [-0.05, 0) is 41.1 Å². The van der Waals surface area contributed by atoms with Crippen LogP contribution in [0.1, 0.15) is 31.2 Å².